The van der Waals surface area contributed by atoms with Gasteiger partial charge < -0.3 is 0 Å². The fourth-order valence-corrected chi connectivity index (χ4v) is 4.52. The van der Waals surface area contributed by atoms with E-state index in [2.05, 4.69) is 43.0 Å². The highest BCUT2D eigenvalue weighted by atomic mass is 15.2. The molecule has 2 atom stereocenters. The van der Waals surface area contributed by atoms with Crippen LogP contribution in [0.15, 0.2) is 60.9 Å². The summed E-state index contributed by atoms with van der Waals surface area (Å²) in [5.41, 5.74) is 6.52. The molecule has 1 saturated heterocycles. The second-order valence-corrected chi connectivity index (χ2v) is 7.81. The van der Waals surface area contributed by atoms with Crippen molar-refractivity contribution < 1.29 is 0 Å². The Bertz CT molecular complexity index is 983. The predicted octanol–water partition coefficient (Wildman–Crippen LogP) is 5.43. The highest BCUT2D eigenvalue weighted by Gasteiger charge is 2.35. The number of benzene rings is 1. The lowest BCUT2D eigenvalue weighted by molar-refractivity contribution is 0.0678. The van der Waals surface area contributed by atoms with E-state index >= 15 is 0 Å². The normalized spacial score (nSPS) is 19.6. The Labute approximate surface area is 172 Å². The lowest BCUT2D eigenvalue weighted by Gasteiger charge is -2.42. The third kappa shape index (κ3) is 3.92. The number of pyridine rings is 2. The molecule has 1 fully saturated rings. The van der Waals surface area contributed by atoms with Gasteiger partial charge in [-0.3, -0.25) is 14.9 Å². The summed E-state index contributed by atoms with van der Waals surface area (Å²) in [4.78, 5) is 12.0. The van der Waals surface area contributed by atoms with Crippen molar-refractivity contribution in [2.75, 3.05) is 0 Å². The van der Waals surface area contributed by atoms with E-state index in [1.54, 1.807) is 0 Å². The molecule has 4 heteroatoms. The van der Waals surface area contributed by atoms with E-state index in [-0.39, 0.29) is 12.1 Å². The molecule has 1 aliphatic heterocycles. The van der Waals surface area contributed by atoms with Crippen molar-refractivity contribution in [1.29, 1.82) is 5.26 Å². The number of rotatable bonds is 4. The first-order chi connectivity index (χ1) is 14.2. The molecule has 1 aliphatic rings. The highest BCUT2D eigenvalue weighted by molar-refractivity contribution is 5.38. The summed E-state index contributed by atoms with van der Waals surface area (Å²) in [6.07, 6.45) is 7.04. The van der Waals surface area contributed by atoms with Gasteiger partial charge in [0.2, 0.25) is 0 Å². The van der Waals surface area contributed by atoms with Crippen molar-refractivity contribution in [3.63, 3.8) is 0 Å². The lowest BCUT2D eigenvalue weighted by Crippen LogP contribution is -2.37. The molecule has 0 aliphatic carbocycles. The third-order valence-corrected chi connectivity index (χ3v) is 5.98. The summed E-state index contributed by atoms with van der Waals surface area (Å²) in [7, 11) is 0. The van der Waals surface area contributed by atoms with Crippen molar-refractivity contribution in [3.8, 4) is 6.07 Å². The molecule has 3 heterocycles. The van der Waals surface area contributed by atoms with Crippen molar-refractivity contribution in [1.82, 2.24) is 14.9 Å². The second-order valence-electron chi connectivity index (χ2n) is 7.81. The number of aryl methyl sites for hydroxylation is 2. The molecular weight excluding hydrogens is 356 g/mol. The fourth-order valence-electron chi connectivity index (χ4n) is 4.52. The molecule has 0 unspecified atom stereocenters. The molecule has 4 rings (SSSR count). The van der Waals surface area contributed by atoms with Gasteiger partial charge in [0, 0.05) is 18.9 Å². The summed E-state index contributed by atoms with van der Waals surface area (Å²) < 4.78 is 0. The summed E-state index contributed by atoms with van der Waals surface area (Å²) in [6, 6.07) is 19.0. The van der Waals surface area contributed by atoms with Gasteiger partial charge in [-0.2, -0.15) is 5.26 Å². The van der Waals surface area contributed by atoms with Gasteiger partial charge in [0.05, 0.1) is 35.1 Å². The molecule has 3 aromatic rings. The van der Waals surface area contributed by atoms with Crippen LogP contribution in [0.25, 0.3) is 0 Å². The fraction of sp³-hybridized carbons (Fsp3) is 0.320. The molecule has 0 radical (unpaired) electrons. The molecule has 0 amide bonds. The Morgan fingerprint density at radius 2 is 1.48 bits per heavy atom. The van der Waals surface area contributed by atoms with E-state index in [0.29, 0.717) is 6.54 Å². The Hall–Kier alpha value is -3.03. The predicted molar refractivity (Wildman–Crippen MR) is 114 cm³/mol. The zero-order valence-corrected chi connectivity index (χ0v) is 17.0. The van der Waals surface area contributed by atoms with Crippen LogP contribution in [-0.2, 0) is 6.54 Å². The van der Waals surface area contributed by atoms with Gasteiger partial charge in [0.15, 0.2) is 0 Å². The van der Waals surface area contributed by atoms with Crippen LogP contribution in [0.1, 0.15) is 65.0 Å². The standard InChI is InChI=1S/C25H26N4/c1-18-8-6-14-27-24(18)22-12-5-13-23(25-19(2)9-7-15-28-25)29(22)17-21-11-4-3-10-20(21)16-26/h3-4,6-11,14-15,22-23H,5,12-13,17H2,1-2H3/t22-,23+. The maximum Gasteiger partial charge on any atom is 0.0995 e. The average Bonchev–Trinajstić information content (AvgIpc) is 2.75. The maximum absolute atomic E-state index is 9.61. The van der Waals surface area contributed by atoms with Crippen molar-refractivity contribution in [3.05, 3.63) is 94.6 Å². The van der Waals surface area contributed by atoms with Gasteiger partial charge in [0.1, 0.15) is 0 Å². The van der Waals surface area contributed by atoms with Crippen molar-refractivity contribution >= 4 is 0 Å². The molecule has 2 aromatic heterocycles. The lowest BCUT2D eigenvalue weighted by atomic mass is 9.88. The van der Waals surface area contributed by atoms with Gasteiger partial charge >= 0.3 is 0 Å². The van der Waals surface area contributed by atoms with Crippen molar-refractivity contribution in [2.24, 2.45) is 0 Å². The first kappa shape index (κ1) is 19.3. The summed E-state index contributed by atoms with van der Waals surface area (Å²) >= 11 is 0. The van der Waals surface area contributed by atoms with E-state index < -0.39 is 0 Å². The molecule has 0 bridgehead atoms. The number of nitriles is 1. The van der Waals surface area contributed by atoms with Crippen LogP contribution in [0, 0.1) is 25.2 Å². The first-order valence-electron chi connectivity index (χ1n) is 10.3. The highest BCUT2D eigenvalue weighted by Crippen LogP contribution is 2.43. The number of piperidine rings is 1. The topological polar surface area (TPSA) is 52.8 Å². The molecule has 146 valence electrons. The monoisotopic (exact) mass is 382 g/mol. The number of likely N-dealkylation sites (tertiary alicyclic amines) is 1. The average molecular weight is 383 g/mol. The second kappa shape index (κ2) is 8.55. The van der Waals surface area contributed by atoms with E-state index in [4.69, 9.17) is 9.97 Å². The van der Waals surface area contributed by atoms with Gasteiger partial charge in [-0.05, 0) is 68.0 Å². The van der Waals surface area contributed by atoms with E-state index in [0.717, 1.165) is 41.8 Å². The Morgan fingerprint density at radius 3 is 2.03 bits per heavy atom. The van der Waals surface area contributed by atoms with Gasteiger partial charge in [0.25, 0.3) is 0 Å². The van der Waals surface area contributed by atoms with Crippen LogP contribution in [-0.4, -0.2) is 14.9 Å². The molecule has 0 saturated carbocycles. The summed E-state index contributed by atoms with van der Waals surface area (Å²) in [6.45, 7) is 4.99. The van der Waals surface area contributed by atoms with Gasteiger partial charge in [-0.25, -0.2) is 0 Å². The molecule has 4 nitrogen and oxygen atoms in total. The van der Waals surface area contributed by atoms with Crippen molar-refractivity contribution in [2.45, 2.75) is 51.7 Å². The van der Waals surface area contributed by atoms with Crippen LogP contribution in [0.4, 0.5) is 0 Å². The maximum atomic E-state index is 9.61. The zero-order chi connectivity index (χ0) is 20.2. The van der Waals surface area contributed by atoms with E-state index in [1.165, 1.54) is 11.1 Å². The Morgan fingerprint density at radius 1 is 0.897 bits per heavy atom. The molecular formula is C25H26N4. The molecule has 1 aromatic carbocycles. The van der Waals surface area contributed by atoms with Crippen LogP contribution in [0.3, 0.4) is 0 Å². The number of nitrogens with zero attached hydrogens (tertiary/aromatic N) is 4. The minimum atomic E-state index is 0.211. The molecule has 29 heavy (non-hydrogen) atoms. The van der Waals surface area contributed by atoms with Crippen LogP contribution in [0.5, 0.6) is 0 Å². The van der Waals surface area contributed by atoms with Crippen LogP contribution >= 0.6 is 0 Å². The summed E-state index contributed by atoms with van der Waals surface area (Å²) in [5.74, 6) is 0. The number of aromatic nitrogens is 2. The number of hydrogen-bond acceptors (Lipinski definition) is 4. The first-order valence-corrected chi connectivity index (χ1v) is 10.3. The minimum absolute atomic E-state index is 0.211. The quantitative estimate of drug-likeness (QED) is 0.603. The minimum Gasteiger partial charge on any atom is -0.282 e. The van der Waals surface area contributed by atoms with E-state index in [9.17, 15) is 5.26 Å². The Kier molecular flexibility index (Phi) is 5.69. The molecule has 0 spiro atoms. The summed E-state index contributed by atoms with van der Waals surface area (Å²) in [5, 5.41) is 9.61. The van der Waals surface area contributed by atoms with Gasteiger partial charge in [-0.15, -0.1) is 0 Å². The van der Waals surface area contributed by atoms with Gasteiger partial charge in [-0.1, -0.05) is 30.3 Å². The molecule has 0 N–H and O–H groups in total. The van der Waals surface area contributed by atoms with Crippen LogP contribution < -0.4 is 0 Å². The number of hydrogen-bond donors (Lipinski definition) is 0. The third-order valence-electron chi connectivity index (χ3n) is 5.98. The largest absolute Gasteiger partial charge is 0.282 e. The zero-order valence-electron chi connectivity index (χ0n) is 17.0. The van der Waals surface area contributed by atoms with E-state index in [1.807, 2.05) is 42.7 Å². The smallest absolute Gasteiger partial charge is 0.0995 e. The SMILES string of the molecule is Cc1cccnc1[C@H]1CCC[C@@H](c2ncccc2C)N1Cc1ccccc1C#N. The van der Waals surface area contributed by atoms with Crippen LogP contribution in [0.2, 0.25) is 0 Å². The Balaban J connectivity index is 1.79.